The van der Waals surface area contributed by atoms with Gasteiger partial charge in [0.05, 0.1) is 42.3 Å². The molecule has 3 aromatic heterocycles. The van der Waals surface area contributed by atoms with Crippen molar-refractivity contribution < 1.29 is 28.1 Å². The molecule has 0 unspecified atom stereocenters. The summed E-state index contributed by atoms with van der Waals surface area (Å²) in [5.41, 5.74) is 2.40. The van der Waals surface area contributed by atoms with Crippen molar-refractivity contribution in [1.29, 1.82) is 0 Å². The number of hydrogen-bond acceptors (Lipinski definition) is 3. The van der Waals surface area contributed by atoms with Crippen LogP contribution in [0, 0.1) is 0 Å². The molecule has 0 fully saturated rings. The number of nitrogens with zero attached hydrogens (tertiary/aromatic N) is 6. The first-order valence-corrected chi connectivity index (χ1v) is 18.0. The lowest BCUT2D eigenvalue weighted by molar-refractivity contribution is -0.672. The Bertz CT molecular complexity index is 1710. The number of hydrogen-bond donors (Lipinski definition) is 3. The zero-order chi connectivity index (χ0) is 40.0. The van der Waals surface area contributed by atoms with Crippen LogP contribution in [-0.4, -0.2) is 31.4 Å². The van der Waals surface area contributed by atoms with E-state index >= 15 is 0 Å². The van der Waals surface area contributed by atoms with E-state index in [9.17, 15) is 14.4 Å². The maximum Gasteiger partial charge on any atom is 0.347 e. The van der Waals surface area contributed by atoms with Crippen molar-refractivity contribution in [3.05, 3.63) is 146 Å². The van der Waals surface area contributed by atoms with Gasteiger partial charge in [0.2, 0.25) is 0 Å². The molecule has 0 aliphatic rings. The van der Waals surface area contributed by atoms with Crippen LogP contribution in [0.5, 0.6) is 0 Å². The van der Waals surface area contributed by atoms with Crippen molar-refractivity contribution in [2.24, 2.45) is 42.3 Å². The van der Waals surface area contributed by atoms with Gasteiger partial charge in [0.25, 0.3) is 0 Å². The second-order valence-corrected chi connectivity index (χ2v) is 12.4. The molecular weight excluding hydrogens is 691 g/mol. The fraction of sp³-hybridized carbons (Fsp3) is 0.302. The van der Waals surface area contributed by atoms with Gasteiger partial charge in [-0.1, -0.05) is 103 Å². The lowest BCUT2D eigenvalue weighted by Crippen LogP contribution is -2.37. The van der Waals surface area contributed by atoms with Gasteiger partial charge in [-0.3, -0.25) is 14.4 Å². The molecule has 0 aliphatic carbocycles. The van der Waals surface area contributed by atoms with Crippen molar-refractivity contribution in [1.82, 2.24) is 13.7 Å². The summed E-state index contributed by atoms with van der Waals surface area (Å²) in [5.74, 6) is 1.51. The third-order valence-electron chi connectivity index (χ3n) is 7.25. The zero-order valence-corrected chi connectivity index (χ0v) is 33.4. The number of carbonyl (C=O) groups excluding carboxylic acids is 3. The number of nitrogens with one attached hydrogen (secondary N) is 3. The first-order valence-electron chi connectivity index (χ1n) is 18.0. The van der Waals surface area contributed by atoms with Crippen LogP contribution in [0.3, 0.4) is 0 Å². The first-order chi connectivity index (χ1) is 25.9. The lowest BCUT2D eigenvalue weighted by Gasteiger charge is -2.02. The average molecular weight is 753 g/mol. The average Bonchev–Trinajstić information content (AvgIpc) is 3.80. The van der Waals surface area contributed by atoms with Crippen LogP contribution in [0.25, 0.3) is 0 Å². The Morgan fingerprint density at radius 1 is 0.455 bits per heavy atom. The highest BCUT2D eigenvalue weighted by atomic mass is 16.2. The summed E-state index contributed by atoms with van der Waals surface area (Å²) < 4.78 is 10.7. The number of imidazole rings is 3. The van der Waals surface area contributed by atoms with Crippen LogP contribution in [0.1, 0.15) is 79.8 Å². The minimum Gasteiger partial charge on any atom is -0.315 e. The van der Waals surface area contributed by atoms with E-state index < -0.39 is 0 Å². The van der Waals surface area contributed by atoms with Crippen molar-refractivity contribution >= 4 is 34.8 Å². The maximum absolute atomic E-state index is 12.0. The van der Waals surface area contributed by atoms with Crippen LogP contribution < -0.4 is 29.7 Å². The van der Waals surface area contributed by atoms with E-state index in [-0.39, 0.29) is 25.1 Å². The summed E-state index contributed by atoms with van der Waals surface area (Å²) >= 11 is 0. The molecule has 0 radical (unpaired) electrons. The van der Waals surface area contributed by atoms with Gasteiger partial charge in [-0.15, -0.1) is 0 Å². The number of para-hydroxylation sites is 3. The summed E-state index contributed by atoms with van der Waals surface area (Å²) in [7, 11) is 11.1. The smallest absolute Gasteiger partial charge is 0.315 e. The quantitative estimate of drug-likeness (QED) is 0.163. The van der Waals surface area contributed by atoms with E-state index in [4.69, 9.17) is 0 Å². The molecule has 6 rings (SSSR count). The molecule has 12 heteroatoms. The molecule has 6 aromatic rings. The van der Waals surface area contributed by atoms with E-state index in [0.717, 1.165) is 17.1 Å². The molecule has 0 saturated heterocycles. The molecule has 0 aliphatic heterocycles. The van der Waals surface area contributed by atoms with Crippen molar-refractivity contribution in [2.75, 3.05) is 16.0 Å². The van der Waals surface area contributed by atoms with Crippen LogP contribution in [-0.2, 0) is 42.3 Å². The van der Waals surface area contributed by atoms with Crippen LogP contribution >= 0.6 is 0 Å². The van der Waals surface area contributed by atoms with E-state index in [0.29, 0.717) is 17.5 Å². The monoisotopic (exact) mass is 752 g/mol. The molecule has 3 heterocycles. The highest BCUT2D eigenvalue weighted by Gasteiger charge is 2.22. The Balaban J connectivity index is 0.000000381. The molecule has 0 spiro atoms. The normalized spacial score (nSPS) is 9.49. The molecular formula is C43H62N9O3+3. The highest BCUT2D eigenvalue weighted by molar-refractivity contribution is 6.01. The number of amides is 3. The molecule has 3 N–H and O–H groups in total. The molecule has 0 bridgehead atoms. The van der Waals surface area contributed by atoms with Crippen molar-refractivity contribution in [3.63, 3.8) is 0 Å². The zero-order valence-electron chi connectivity index (χ0n) is 33.4. The summed E-state index contributed by atoms with van der Waals surface area (Å²) in [6.45, 7) is 8.50. The van der Waals surface area contributed by atoms with Gasteiger partial charge in [-0.05, 0) is 36.4 Å². The topological polar surface area (TPSA) is 114 Å². The van der Waals surface area contributed by atoms with Gasteiger partial charge >= 0.3 is 35.2 Å². The number of aromatic nitrogens is 6. The second-order valence-electron chi connectivity index (χ2n) is 12.4. The molecule has 12 nitrogen and oxygen atoms in total. The van der Waals surface area contributed by atoms with Crippen LogP contribution in [0.15, 0.2) is 128 Å². The van der Waals surface area contributed by atoms with Gasteiger partial charge in [-0.25, -0.2) is 27.4 Å². The van der Waals surface area contributed by atoms with Crippen molar-refractivity contribution in [2.45, 2.75) is 48.0 Å². The van der Waals surface area contributed by atoms with E-state index in [1.807, 2.05) is 170 Å². The summed E-state index contributed by atoms with van der Waals surface area (Å²) in [6.07, 6.45) is 13.6. The third kappa shape index (κ3) is 15.3. The van der Waals surface area contributed by atoms with Crippen LogP contribution in [0.4, 0.5) is 17.1 Å². The molecule has 55 heavy (non-hydrogen) atoms. The Hall–Kier alpha value is -6.30. The van der Waals surface area contributed by atoms with E-state index in [2.05, 4.69) is 43.6 Å². The number of benzene rings is 3. The van der Waals surface area contributed by atoms with E-state index in [1.165, 1.54) is 12.8 Å². The van der Waals surface area contributed by atoms with Gasteiger partial charge in [0, 0.05) is 17.1 Å². The Morgan fingerprint density at radius 2 is 0.655 bits per heavy atom. The van der Waals surface area contributed by atoms with Crippen molar-refractivity contribution in [3.8, 4) is 0 Å². The van der Waals surface area contributed by atoms with Gasteiger partial charge in [0.15, 0.2) is 0 Å². The maximum atomic E-state index is 12.0. The Morgan fingerprint density at radius 3 is 0.818 bits per heavy atom. The first kappa shape index (κ1) is 46.7. The molecule has 294 valence electrons. The van der Waals surface area contributed by atoms with Gasteiger partial charge < -0.3 is 16.0 Å². The minimum absolute atomic E-state index is 0. The predicted octanol–water partition coefficient (Wildman–Crippen LogP) is 6.77. The summed E-state index contributed by atoms with van der Waals surface area (Å²) in [4.78, 5) is 35.9. The largest absolute Gasteiger partial charge is 0.347 e. The third-order valence-corrected chi connectivity index (χ3v) is 7.25. The fourth-order valence-electron chi connectivity index (χ4n) is 4.86. The summed E-state index contributed by atoms with van der Waals surface area (Å²) in [5, 5.41) is 8.54. The summed E-state index contributed by atoms with van der Waals surface area (Å²) in [6, 6.07) is 28.3. The van der Waals surface area contributed by atoms with Gasteiger partial charge in [-0.2, -0.15) is 0 Å². The molecule has 0 atom stereocenters. The predicted molar refractivity (Wildman–Crippen MR) is 222 cm³/mol. The number of anilines is 3. The molecule has 0 saturated carbocycles. The Kier molecular flexibility index (Phi) is 21.1. The van der Waals surface area contributed by atoms with Gasteiger partial charge in [0.1, 0.15) is 37.2 Å². The highest BCUT2D eigenvalue weighted by Crippen LogP contribution is 2.08. The minimum atomic E-state index is -0.110. The molecule has 3 aromatic carbocycles. The Labute approximate surface area is 327 Å². The second kappa shape index (κ2) is 24.9. The number of carbonyl (C=O) groups is 3. The standard InChI is InChI=1S/3C12H13N3O.2C3H8.CH4/c3*1-14-8-9-15(2)12(14)11(16)13-10-6-4-3-5-7-10;2*1-3-2;/h3*3-9H,1-2H3;2*3H2,1-2H3;1H4/p+3. The number of aryl methyl sites for hydroxylation is 6. The van der Waals surface area contributed by atoms with Crippen LogP contribution in [0.2, 0.25) is 0 Å². The molecule has 3 amide bonds. The van der Waals surface area contributed by atoms with E-state index in [1.54, 1.807) is 27.4 Å². The number of rotatable bonds is 6. The lowest BCUT2D eigenvalue weighted by atomic mass is 10.3. The fourth-order valence-corrected chi connectivity index (χ4v) is 4.86. The SMILES string of the molecule is C.CCC.CCC.Cn1cc[n+](C)c1C(=O)Nc1ccccc1.Cn1cc[n+](C)c1C(=O)Nc1ccccc1.Cn1cc[n+](C)c1C(=O)Nc1ccccc1.